The number of anilines is 1. The van der Waals surface area contributed by atoms with Gasteiger partial charge in [-0.15, -0.1) is 0 Å². The second kappa shape index (κ2) is 5.17. The van der Waals surface area contributed by atoms with Gasteiger partial charge in [-0.1, -0.05) is 0 Å². The Bertz CT molecular complexity index is 814. The Morgan fingerprint density at radius 1 is 1.43 bits per heavy atom. The van der Waals surface area contributed by atoms with Gasteiger partial charge in [0.05, 0.1) is 22.3 Å². The first kappa shape index (κ1) is 15.0. The van der Waals surface area contributed by atoms with Crippen LogP contribution >= 0.6 is 0 Å². The Hall–Kier alpha value is -2.42. The Balaban J connectivity index is 2.47. The minimum atomic E-state index is -4.03. The number of carbonyl (C=O) groups is 1. The van der Waals surface area contributed by atoms with Gasteiger partial charge in [0.15, 0.2) is 0 Å². The average molecular weight is 313 g/mol. The number of hydrogen-bond acceptors (Lipinski definition) is 4. The first-order chi connectivity index (χ1) is 9.70. The second-order valence-corrected chi connectivity index (χ2v) is 6.10. The third-order valence-corrected chi connectivity index (χ3v) is 4.09. The lowest BCUT2D eigenvalue weighted by atomic mass is 10.1. The van der Waals surface area contributed by atoms with Crippen LogP contribution < -0.4 is 4.72 Å². The zero-order valence-corrected chi connectivity index (χ0v) is 12.0. The van der Waals surface area contributed by atoms with E-state index in [0.29, 0.717) is 0 Å². The number of nitrogens with zero attached hydrogens (tertiary/aromatic N) is 2. The number of hydrogen-bond donors (Lipinski definition) is 2. The highest BCUT2D eigenvalue weighted by Gasteiger charge is 2.21. The van der Waals surface area contributed by atoms with E-state index >= 15 is 0 Å². The van der Waals surface area contributed by atoms with Crippen molar-refractivity contribution < 1.29 is 22.7 Å². The first-order valence-electron chi connectivity index (χ1n) is 5.75. The van der Waals surface area contributed by atoms with Gasteiger partial charge in [-0.3, -0.25) is 9.40 Å². The molecule has 0 spiro atoms. The number of benzene rings is 1. The molecule has 0 bridgehead atoms. The fourth-order valence-electron chi connectivity index (χ4n) is 1.74. The molecule has 0 unspecified atom stereocenters. The molecule has 0 aliphatic heterocycles. The smallest absolute Gasteiger partial charge is 0.338 e. The van der Waals surface area contributed by atoms with Crippen molar-refractivity contribution >= 4 is 21.7 Å². The molecule has 0 saturated carbocycles. The number of sulfonamides is 1. The summed E-state index contributed by atoms with van der Waals surface area (Å²) in [6.45, 7) is 1.30. The minimum Gasteiger partial charge on any atom is -0.478 e. The zero-order chi connectivity index (χ0) is 15.8. The van der Waals surface area contributed by atoms with Crippen LogP contribution in [0.3, 0.4) is 0 Å². The van der Waals surface area contributed by atoms with Crippen molar-refractivity contribution in [3.63, 3.8) is 0 Å². The number of halogens is 1. The van der Waals surface area contributed by atoms with Crippen molar-refractivity contribution in [2.45, 2.75) is 11.8 Å². The van der Waals surface area contributed by atoms with E-state index in [0.717, 1.165) is 12.1 Å². The largest absolute Gasteiger partial charge is 0.478 e. The maximum absolute atomic E-state index is 13.6. The monoisotopic (exact) mass is 313 g/mol. The van der Waals surface area contributed by atoms with Gasteiger partial charge in [-0.25, -0.2) is 17.6 Å². The molecule has 9 heteroatoms. The summed E-state index contributed by atoms with van der Waals surface area (Å²) < 4.78 is 41.7. The lowest BCUT2D eigenvalue weighted by molar-refractivity contribution is 0.0691. The van der Waals surface area contributed by atoms with Crippen LogP contribution in [0.4, 0.5) is 10.1 Å². The van der Waals surface area contributed by atoms with E-state index in [1.165, 1.54) is 24.0 Å². The molecule has 1 aromatic carbocycles. The molecule has 2 aromatic rings. The van der Waals surface area contributed by atoms with Crippen molar-refractivity contribution in [3.8, 4) is 0 Å². The van der Waals surface area contributed by atoms with E-state index in [1.54, 1.807) is 7.05 Å². The van der Waals surface area contributed by atoms with Crippen LogP contribution in [0.25, 0.3) is 0 Å². The lowest BCUT2D eigenvalue weighted by Crippen LogP contribution is -2.15. The summed E-state index contributed by atoms with van der Waals surface area (Å²) in [6.07, 6.45) is 2.73. The standard InChI is InChI=1S/C12H12FN3O4S/c1-7-3-9(4-10(11(7)13)12(17)18)21(19,20)15-8-5-14-16(2)6-8/h3-6,15H,1-2H3,(H,17,18). The Labute approximate surface area is 120 Å². The topological polar surface area (TPSA) is 101 Å². The number of aromatic nitrogens is 2. The highest BCUT2D eigenvalue weighted by atomic mass is 32.2. The number of rotatable bonds is 4. The van der Waals surface area contributed by atoms with Crippen LogP contribution in [0.1, 0.15) is 15.9 Å². The van der Waals surface area contributed by atoms with Crippen molar-refractivity contribution in [2.75, 3.05) is 4.72 Å². The van der Waals surface area contributed by atoms with Crippen LogP contribution in [-0.4, -0.2) is 29.3 Å². The van der Waals surface area contributed by atoms with Gasteiger partial charge < -0.3 is 5.11 Å². The molecule has 21 heavy (non-hydrogen) atoms. The third kappa shape index (κ3) is 3.02. The normalized spacial score (nSPS) is 11.4. The maximum Gasteiger partial charge on any atom is 0.338 e. The highest BCUT2D eigenvalue weighted by molar-refractivity contribution is 7.92. The number of carboxylic acids is 1. The van der Waals surface area contributed by atoms with Crippen molar-refractivity contribution in [3.05, 3.63) is 41.5 Å². The van der Waals surface area contributed by atoms with E-state index in [1.807, 2.05) is 0 Å². The van der Waals surface area contributed by atoms with Gasteiger partial charge >= 0.3 is 5.97 Å². The number of aromatic carboxylic acids is 1. The van der Waals surface area contributed by atoms with Crippen LogP contribution in [0.15, 0.2) is 29.4 Å². The van der Waals surface area contributed by atoms with Crippen molar-refractivity contribution in [1.82, 2.24) is 9.78 Å². The molecule has 7 nitrogen and oxygen atoms in total. The summed E-state index contributed by atoms with van der Waals surface area (Å²) in [5.41, 5.74) is -0.542. The molecule has 2 N–H and O–H groups in total. The Kier molecular flexibility index (Phi) is 3.69. The van der Waals surface area contributed by atoms with E-state index < -0.39 is 27.4 Å². The number of aryl methyl sites for hydroxylation is 2. The van der Waals surface area contributed by atoms with Gasteiger partial charge in [0.25, 0.3) is 10.0 Å². The molecule has 1 aromatic heterocycles. The third-order valence-electron chi connectivity index (χ3n) is 2.73. The molecular weight excluding hydrogens is 301 g/mol. The maximum atomic E-state index is 13.6. The van der Waals surface area contributed by atoms with Gasteiger partial charge in [-0.05, 0) is 24.6 Å². The fraction of sp³-hybridized carbons (Fsp3) is 0.167. The van der Waals surface area contributed by atoms with Crippen molar-refractivity contribution in [2.24, 2.45) is 7.05 Å². The molecular formula is C12H12FN3O4S. The summed E-state index contributed by atoms with van der Waals surface area (Å²) in [4.78, 5) is 10.6. The van der Waals surface area contributed by atoms with Gasteiger partial charge in [-0.2, -0.15) is 5.10 Å². The summed E-state index contributed by atoms with van der Waals surface area (Å²) in [6, 6.07) is 1.85. The molecule has 0 atom stereocenters. The summed E-state index contributed by atoms with van der Waals surface area (Å²) in [7, 11) is -2.42. The predicted octanol–water partition coefficient (Wildman–Crippen LogP) is 1.37. The van der Waals surface area contributed by atoms with E-state index in [9.17, 15) is 17.6 Å². The van der Waals surface area contributed by atoms with Crippen LogP contribution in [0.5, 0.6) is 0 Å². The average Bonchev–Trinajstić information content (AvgIpc) is 2.76. The van der Waals surface area contributed by atoms with E-state index in [4.69, 9.17) is 5.11 Å². The van der Waals surface area contributed by atoms with Gasteiger partial charge in [0, 0.05) is 13.2 Å². The lowest BCUT2D eigenvalue weighted by Gasteiger charge is -2.09. The SMILES string of the molecule is Cc1cc(S(=O)(=O)Nc2cnn(C)c2)cc(C(=O)O)c1F. The highest BCUT2D eigenvalue weighted by Crippen LogP contribution is 2.21. The van der Waals surface area contributed by atoms with E-state index in [2.05, 4.69) is 9.82 Å². The second-order valence-electron chi connectivity index (χ2n) is 4.42. The molecule has 0 fully saturated rings. The molecule has 0 saturated heterocycles. The molecule has 0 aliphatic carbocycles. The number of carboxylic acid groups (broad SMARTS) is 1. The molecule has 2 rings (SSSR count). The summed E-state index contributed by atoms with van der Waals surface area (Å²) in [5, 5.41) is 12.7. The molecule has 0 amide bonds. The van der Waals surface area contributed by atoms with Crippen LogP contribution in [0.2, 0.25) is 0 Å². The van der Waals surface area contributed by atoms with Crippen LogP contribution in [-0.2, 0) is 17.1 Å². The number of nitrogens with one attached hydrogen (secondary N) is 1. The zero-order valence-electron chi connectivity index (χ0n) is 11.2. The van der Waals surface area contributed by atoms with E-state index in [-0.39, 0.29) is 16.1 Å². The predicted molar refractivity (Wildman–Crippen MR) is 72.1 cm³/mol. The molecule has 0 radical (unpaired) electrons. The quantitative estimate of drug-likeness (QED) is 0.887. The van der Waals surface area contributed by atoms with Gasteiger partial charge in [0.1, 0.15) is 5.82 Å². The van der Waals surface area contributed by atoms with Crippen LogP contribution in [0, 0.1) is 12.7 Å². The minimum absolute atomic E-state index is 0.0681. The first-order valence-corrected chi connectivity index (χ1v) is 7.24. The fourth-order valence-corrected chi connectivity index (χ4v) is 2.87. The Morgan fingerprint density at radius 2 is 2.10 bits per heavy atom. The summed E-state index contributed by atoms with van der Waals surface area (Å²) in [5.74, 6) is -2.49. The Morgan fingerprint density at radius 3 is 2.62 bits per heavy atom. The van der Waals surface area contributed by atoms with Gasteiger partial charge in [0.2, 0.25) is 0 Å². The molecule has 0 aliphatic rings. The van der Waals surface area contributed by atoms with Crippen molar-refractivity contribution in [1.29, 1.82) is 0 Å². The molecule has 1 heterocycles. The summed E-state index contributed by atoms with van der Waals surface area (Å²) >= 11 is 0. The molecule has 112 valence electrons.